The van der Waals surface area contributed by atoms with E-state index < -0.39 is 17.9 Å². The predicted octanol–water partition coefficient (Wildman–Crippen LogP) is 2.76. The molecule has 1 heterocycles. The quantitative estimate of drug-likeness (QED) is 0.690. The van der Waals surface area contributed by atoms with Crippen LogP contribution in [0.25, 0.3) is 0 Å². The zero-order chi connectivity index (χ0) is 22.0. The number of benzene rings is 3. The molecule has 4 rings (SSSR count). The van der Waals surface area contributed by atoms with E-state index in [4.69, 9.17) is 4.74 Å². The van der Waals surface area contributed by atoms with Gasteiger partial charge in [-0.1, -0.05) is 36.4 Å². The van der Waals surface area contributed by atoms with Gasteiger partial charge in [-0.25, -0.2) is 5.01 Å². The molecule has 0 unspecified atom stereocenters. The molecular weight excluding hydrogens is 396 g/mol. The normalized spacial score (nSPS) is 15.5. The minimum absolute atomic E-state index is 0.0253. The molecule has 1 atom stereocenters. The number of carbonyl (C=O) groups excluding carboxylic acids is 2. The van der Waals surface area contributed by atoms with E-state index in [-0.39, 0.29) is 16.9 Å². The number of carbonyl (C=O) groups is 2. The van der Waals surface area contributed by atoms with Gasteiger partial charge < -0.3 is 19.7 Å². The fourth-order valence-electron chi connectivity index (χ4n) is 3.64. The van der Waals surface area contributed by atoms with Crippen LogP contribution in [0.1, 0.15) is 44.3 Å². The number of ether oxygens (including phenoxy) is 1. The number of hydrogen-bond acceptors (Lipinski definition) is 6. The Balaban J connectivity index is 1.78. The fraction of sp³-hybridized carbons (Fsp3) is 0.125. The molecule has 0 aliphatic carbocycles. The van der Waals surface area contributed by atoms with Crippen molar-refractivity contribution in [3.8, 4) is 11.5 Å². The molecule has 0 saturated carbocycles. The Labute approximate surface area is 178 Å². The molecule has 0 spiro atoms. The minimum Gasteiger partial charge on any atom is -0.545 e. The number of carboxylic acid groups (broad SMARTS) is 1. The van der Waals surface area contributed by atoms with Gasteiger partial charge in [0.2, 0.25) is 0 Å². The molecule has 0 radical (unpaired) electrons. The van der Waals surface area contributed by atoms with Gasteiger partial charge in [0.25, 0.3) is 5.91 Å². The number of amides is 1. The van der Waals surface area contributed by atoms with Gasteiger partial charge in [-0.2, -0.15) is 5.10 Å². The average molecular weight is 415 g/mol. The SMILES string of the molecule is COc1ccc(C2=NN(C(=O)c3ccccc3C(=O)[O-])[C@H](c3ccccc3O)C2)cc1. The number of rotatable bonds is 5. The summed E-state index contributed by atoms with van der Waals surface area (Å²) in [6.07, 6.45) is 0.350. The van der Waals surface area contributed by atoms with Crippen molar-refractivity contribution >= 4 is 17.6 Å². The number of aromatic hydroxyl groups is 1. The minimum atomic E-state index is -1.44. The van der Waals surface area contributed by atoms with E-state index in [2.05, 4.69) is 5.10 Å². The van der Waals surface area contributed by atoms with E-state index >= 15 is 0 Å². The summed E-state index contributed by atoms with van der Waals surface area (Å²) in [6, 6.07) is 19.2. The Morgan fingerprint density at radius 3 is 2.29 bits per heavy atom. The smallest absolute Gasteiger partial charge is 0.275 e. The predicted molar refractivity (Wildman–Crippen MR) is 112 cm³/mol. The second-order valence-corrected chi connectivity index (χ2v) is 7.04. The van der Waals surface area contributed by atoms with Gasteiger partial charge in [0.1, 0.15) is 11.5 Å². The van der Waals surface area contributed by atoms with Gasteiger partial charge in [-0.05, 0) is 42.0 Å². The lowest BCUT2D eigenvalue weighted by Crippen LogP contribution is -2.31. The molecule has 0 bridgehead atoms. The third kappa shape index (κ3) is 3.85. The standard InChI is InChI=1S/C24H20N2O5/c1-31-16-12-10-15(11-13-16)20-14-21(19-8-4-5-9-22(19)27)26(25-20)23(28)17-6-2-3-7-18(17)24(29)30/h2-13,21,27H,14H2,1H3,(H,29,30)/p-1/t21-/m0/s1. The summed E-state index contributed by atoms with van der Waals surface area (Å²) in [4.78, 5) is 24.9. The zero-order valence-electron chi connectivity index (χ0n) is 16.7. The van der Waals surface area contributed by atoms with Crippen LogP contribution < -0.4 is 9.84 Å². The van der Waals surface area contributed by atoms with Crippen LogP contribution in [0.2, 0.25) is 0 Å². The number of hydrogen-bond donors (Lipinski definition) is 1. The van der Waals surface area contributed by atoms with Crippen LogP contribution in [0.15, 0.2) is 77.9 Å². The summed E-state index contributed by atoms with van der Waals surface area (Å²) in [5, 5.41) is 27.7. The summed E-state index contributed by atoms with van der Waals surface area (Å²) in [7, 11) is 1.57. The summed E-state index contributed by atoms with van der Waals surface area (Å²) >= 11 is 0. The first-order chi connectivity index (χ1) is 15.0. The number of para-hydroxylation sites is 1. The first kappa shape index (κ1) is 20.2. The second kappa shape index (κ2) is 8.31. The number of hydrazone groups is 1. The van der Waals surface area contributed by atoms with Crippen LogP contribution in [-0.4, -0.2) is 34.8 Å². The maximum absolute atomic E-state index is 13.4. The van der Waals surface area contributed by atoms with E-state index in [1.807, 2.05) is 12.1 Å². The van der Waals surface area contributed by atoms with E-state index in [0.717, 1.165) is 5.56 Å². The molecule has 1 N–H and O–H groups in total. The lowest BCUT2D eigenvalue weighted by molar-refractivity contribution is -0.255. The Bertz CT molecular complexity index is 1170. The average Bonchev–Trinajstić information content (AvgIpc) is 3.24. The van der Waals surface area contributed by atoms with Crippen molar-refractivity contribution in [2.24, 2.45) is 5.10 Å². The van der Waals surface area contributed by atoms with Crippen LogP contribution in [0.3, 0.4) is 0 Å². The van der Waals surface area contributed by atoms with Gasteiger partial charge in [-0.3, -0.25) is 4.79 Å². The van der Waals surface area contributed by atoms with Gasteiger partial charge >= 0.3 is 0 Å². The summed E-state index contributed by atoms with van der Waals surface area (Å²) in [5.74, 6) is -1.31. The van der Waals surface area contributed by atoms with Crippen molar-refractivity contribution < 1.29 is 24.5 Å². The molecule has 1 amide bonds. The fourth-order valence-corrected chi connectivity index (χ4v) is 3.64. The number of nitrogens with zero attached hydrogens (tertiary/aromatic N) is 2. The third-order valence-electron chi connectivity index (χ3n) is 5.21. The van der Waals surface area contributed by atoms with Gasteiger partial charge in [0.15, 0.2) is 0 Å². The molecule has 7 heteroatoms. The molecular formula is C24H19N2O5-. The van der Waals surface area contributed by atoms with Crippen LogP contribution >= 0.6 is 0 Å². The molecule has 0 saturated heterocycles. The van der Waals surface area contributed by atoms with Gasteiger partial charge in [0, 0.05) is 17.5 Å². The Kier molecular flexibility index (Phi) is 5.41. The molecule has 1 aliphatic rings. The van der Waals surface area contributed by atoms with Crippen molar-refractivity contribution in [1.29, 1.82) is 0 Å². The Morgan fingerprint density at radius 1 is 1.00 bits per heavy atom. The molecule has 3 aromatic rings. The maximum Gasteiger partial charge on any atom is 0.275 e. The number of methoxy groups -OCH3 is 1. The highest BCUT2D eigenvalue weighted by Gasteiger charge is 2.35. The lowest BCUT2D eigenvalue weighted by atomic mass is 9.97. The number of carboxylic acids is 1. The molecule has 3 aromatic carbocycles. The topological polar surface area (TPSA) is 102 Å². The zero-order valence-corrected chi connectivity index (χ0v) is 16.7. The molecule has 156 valence electrons. The first-order valence-electron chi connectivity index (χ1n) is 9.63. The van der Waals surface area contributed by atoms with Crippen LogP contribution in [0, 0.1) is 0 Å². The molecule has 0 fully saturated rings. The summed E-state index contributed by atoms with van der Waals surface area (Å²) in [5.41, 5.74) is 1.72. The Morgan fingerprint density at radius 2 is 1.65 bits per heavy atom. The van der Waals surface area contributed by atoms with E-state index in [1.165, 1.54) is 23.2 Å². The lowest BCUT2D eigenvalue weighted by Gasteiger charge is -2.23. The largest absolute Gasteiger partial charge is 0.545 e. The van der Waals surface area contributed by atoms with Gasteiger partial charge in [-0.15, -0.1) is 0 Å². The monoisotopic (exact) mass is 415 g/mol. The number of aromatic carboxylic acids is 1. The van der Waals surface area contributed by atoms with Gasteiger partial charge in [0.05, 0.1) is 30.4 Å². The molecule has 31 heavy (non-hydrogen) atoms. The molecule has 1 aliphatic heterocycles. The second-order valence-electron chi connectivity index (χ2n) is 7.04. The first-order valence-corrected chi connectivity index (χ1v) is 9.63. The van der Waals surface area contributed by atoms with Crippen molar-refractivity contribution in [2.75, 3.05) is 7.11 Å². The van der Waals surface area contributed by atoms with Crippen LogP contribution in [0.4, 0.5) is 0 Å². The van der Waals surface area contributed by atoms with Crippen LogP contribution in [-0.2, 0) is 0 Å². The van der Waals surface area contributed by atoms with E-state index in [1.54, 1.807) is 49.6 Å². The maximum atomic E-state index is 13.4. The highest BCUT2D eigenvalue weighted by molar-refractivity contribution is 6.08. The van der Waals surface area contributed by atoms with Crippen molar-refractivity contribution in [3.63, 3.8) is 0 Å². The number of phenolic OH excluding ortho intramolecular Hbond substituents is 1. The summed E-state index contributed by atoms with van der Waals surface area (Å²) in [6.45, 7) is 0. The van der Waals surface area contributed by atoms with Crippen LogP contribution in [0.5, 0.6) is 11.5 Å². The van der Waals surface area contributed by atoms with E-state index in [0.29, 0.717) is 23.4 Å². The highest BCUT2D eigenvalue weighted by Crippen LogP contribution is 2.38. The molecule has 7 nitrogen and oxygen atoms in total. The molecule has 0 aromatic heterocycles. The highest BCUT2D eigenvalue weighted by atomic mass is 16.5. The third-order valence-corrected chi connectivity index (χ3v) is 5.21. The van der Waals surface area contributed by atoms with Crippen molar-refractivity contribution in [3.05, 3.63) is 95.1 Å². The van der Waals surface area contributed by atoms with E-state index in [9.17, 15) is 19.8 Å². The van der Waals surface area contributed by atoms with Crippen molar-refractivity contribution in [1.82, 2.24) is 5.01 Å². The van der Waals surface area contributed by atoms with Crippen molar-refractivity contribution in [2.45, 2.75) is 12.5 Å². The number of phenols is 1. The summed E-state index contributed by atoms with van der Waals surface area (Å²) < 4.78 is 5.19. The Hall–Kier alpha value is -4.13.